The molecule has 26 heavy (non-hydrogen) atoms. The van der Waals surface area contributed by atoms with Crippen LogP contribution in [0.3, 0.4) is 0 Å². The van der Waals surface area contributed by atoms with Crippen LogP contribution in [0, 0.1) is 11.8 Å². The van der Waals surface area contributed by atoms with Gasteiger partial charge in [-0.15, -0.1) is 0 Å². The van der Waals surface area contributed by atoms with Crippen molar-refractivity contribution in [2.75, 3.05) is 13.2 Å². The Labute approximate surface area is 161 Å². The third kappa shape index (κ3) is 7.63. The van der Waals surface area contributed by atoms with Gasteiger partial charge in [0, 0.05) is 12.5 Å². The number of carbonyl (C=O) groups excluding carboxylic acids is 1. The highest BCUT2D eigenvalue weighted by atomic mass is 28.4. The highest BCUT2D eigenvalue weighted by molar-refractivity contribution is 6.74. The minimum Gasteiger partial charge on any atom is -0.413 e. The van der Waals surface area contributed by atoms with Crippen molar-refractivity contribution in [1.82, 2.24) is 0 Å². The predicted octanol–water partition coefficient (Wildman–Crippen LogP) is 5.34. The second-order valence-electron chi connectivity index (χ2n) is 9.15. The van der Waals surface area contributed by atoms with Crippen molar-refractivity contribution in [3.63, 3.8) is 0 Å². The molecule has 1 aliphatic rings. The van der Waals surface area contributed by atoms with Crippen LogP contribution in [-0.2, 0) is 18.7 Å². The lowest BCUT2D eigenvalue weighted by Gasteiger charge is -2.42. The fraction of sp³-hybridized carbons (Fsp3) is 0.857. The van der Waals surface area contributed by atoms with Crippen molar-refractivity contribution in [2.24, 2.45) is 11.8 Å². The molecule has 1 heterocycles. The fourth-order valence-corrected chi connectivity index (χ4v) is 4.34. The molecule has 4 nitrogen and oxygen atoms in total. The largest absolute Gasteiger partial charge is 0.413 e. The normalized spacial score (nSPS) is 23.0. The van der Waals surface area contributed by atoms with Gasteiger partial charge in [0.15, 0.2) is 14.6 Å². The smallest absolute Gasteiger partial charge is 0.192 e. The molecule has 1 fully saturated rings. The van der Waals surface area contributed by atoms with Gasteiger partial charge in [-0.3, -0.25) is 0 Å². The van der Waals surface area contributed by atoms with Gasteiger partial charge in [-0.25, -0.2) is 0 Å². The van der Waals surface area contributed by atoms with E-state index in [0.717, 1.165) is 32.2 Å². The molecule has 0 radical (unpaired) electrons. The van der Waals surface area contributed by atoms with Crippen LogP contribution >= 0.6 is 0 Å². The third-order valence-electron chi connectivity index (χ3n) is 5.72. The first-order chi connectivity index (χ1) is 12.1. The van der Waals surface area contributed by atoms with Crippen LogP contribution < -0.4 is 0 Å². The topological polar surface area (TPSA) is 44.8 Å². The van der Waals surface area contributed by atoms with E-state index in [2.05, 4.69) is 52.9 Å². The summed E-state index contributed by atoms with van der Waals surface area (Å²) in [6.45, 7) is 16.7. The number of rotatable bonds is 10. The van der Waals surface area contributed by atoms with Gasteiger partial charge < -0.3 is 18.7 Å². The van der Waals surface area contributed by atoms with Gasteiger partial charge in [0.25, 0.3) is 0 Å². The maximum atomic E-state index is 11.4. The summed E-state index contributed by atoms with van der Waals surface area (Å²) in [4.78, 5) is 11.4. The van der Waals surface area contributed by atoms with Crippen molar-refractivity contribution in [1.29, 1.82) is 0 Å². The zero-order valence-electron chi connectivity index (χ0n) is 17.9. The average Bonchev–Trinajstić information content (AvgIpc) is 2.58. The molecule has 0 aromatic heterocycles. The van der Waals surface area contributed by atoms with Crippen LogP contribution in [0.2, 0.25) is 18.1 Å². The third-order valence-corrected chi connectivity index (χ3v) is 10.2. The van der Waals surface area contributed by atoms with E-state index >= 15 is 0 Å². The van der Waals surface area contributed by atoms with Crippen LogP contribution in [-0.4, -0.2) is 40.2 Å². The van der Waals surface area contributed by atoms with E-state index in [4.69, 9.17) is 13.9 Å². The molecule has 1 rings (SSSR count). The molecule has 152 valence electrons. The van der Waals surface area contributed by atoms with Crippen molar-refractivity contribution in [2.45, 2.75) is 90.8 Å². The predicted molar refractivity (Wildman–Crippen MR) is 110 cm³/mol. The molecular formula is C21H40O4Si. The number of ether oxygens (including phenoxy) is 2. The monoisotopic (exact) mass is 384 g/mol. The molecule has 4 atom stereocenters. The Morgan fingerprint density at radius 1 is 1.19 bits per heavy atom. The maximum Gasteiger partial charge on any atom is 0.192 e. The Kier molecular flexibility index (Phi) is 9.73. The summed E-state index contributed by atoms with van der Waals surface area (Å²) in [6, 6.07) is 0. The molecule has 0 aromatic rings. The molecule has 5 heteroatoms. The number of aldehydes is 1. The molecule has 0 amide bonds. The zero-order valence-corrected chi connectivity index (χ0v) is 18.9. The maximum absolute atomic E-state index is 11.4. The SMILES string of the molecule is C[C@H](C=O)[C@H](O[Si](C)(C)C(C)(C)C)[C@H](C)C/C=C\COC1CCCCO1. The van der Waals surface area contributed by atoms with Gasteiger partial charge in [0.1, 0.15) is 6.29 Å². The summed E-state index contributed by atoms with van der Waals surface area (Å²) >= 11 is 0. The Balaban J connectivity index is 2.53. The molecule has 1 saturated heterocycles. The molecule has 0 N–H and O–H groups in total. The van der Waals surface area contributed by atoms with Gasteiger partial charge in [0.05, 0.1) is 12.7 Å². The Hall–Kier alpha value is -0.493. The summed E-state index contributed by atoms with van der Waals surface area (Å²) in [5, 5.41) is 0.136. The van der Waals surface area contributed by atoms with E-state index in [1.54, 1.807) is 0 Å². The average molecular weight is 385 g/mol. The van der Waals surface area contributed by atoms with E-state index in [1.165, 1.54) is 6.42 Å². The van der Waals surface area contributed by atoms with Gasteiger partial charge in [0.2, 0.25) is 0 Å². The van der Waals surface area contributed by atoms with E-state index in [-0.39, 0.29) is 29.3 Å². The minimum absolute atomic E-state index is 0.0411. The number of carbonyl (C=O) groups is 1. The fourth-order valence-electron chi connectivity index (χ4n) is 2.85. The quantitative estimate of drug-likeness (QED) is 0.290. The number of hydrogen-bond acceptors (Lipinski definition) is 4. The first-order valence-electron chi connectivity index (χ1n) is 10.1. The summed E-state index contributed by atoms with van der Waals surface area (Å²) in [5.41, 5.74) is 0. The lowest BCUT2D eigenvalue weighted by molar-refractivity contribution is -0.155. The molecule has 0 spiro atoms. The zero-order chi connectivity index (χ0) is 19.8. The van der Waals surface area contributed by atoms with E-state index in [1.807, 2.05) is 6.92 Å². The van der Waals surface area contributed by atoms with E-state index < -0.39 is 8.32 Å². The molecular weight excluding hydrogens is 344 g/mol. The lowest BCUT2D eigenvalue weighted by Crippen LogP contribution is -2.47. The Morgan fingerprint density at radius 3 is 2.42 bits per heavy atom. The van der Waals surface area contributed by atoms with Crippen LogP contribution in [0.1, 0.15) is 60.3 Å². The standard InChI is InChI=1S/C21H40O4Si/c1-17(12-8-10-14-23-19-13-9-11-15-24-19)20(18(2)16-22)25-26(6,7)21(3,4)5/h8,10,16-20H,9,11-15H2,1-7H3/b10-8-/t17-,18-,19?,20-/m1/s1. The van der Waals surface area contributed by atoms with Crippen LogP contribution in [0.4, 0.5) is 0 Å². The summed E-state index contributed by atoms with van der Waals surface area (Å²) in [6.07, 6.45) is 9.34. The lowest BCUT2D eigenvalue weighted by atomic mass is 9.92. The molecule has 1 unspecified atom stereocenters. The van der Waals surface area contributed by atoms with Gasteiger partial charge in [-0.2, -0.15) is 0 Å². The minimum atomic E-state index is -1.91. The van der Waals surface area contributed by atoms with Crippen LogP contribution in [0.15, 0.2) is 12.2 Å². The first kappa shape index (κ1) is 23.5. The Bertz CT molecular complexity index is 436. The number of allylic oxidation sites excluding steroid dienone is 1. The molecule has 1 aliphatic heterocycles. The second kappa shape index (κ2) is 10.7. The molecule has 0 saturated carbocycles. The highest BCUT2D eigenvalue weighted by Gasteiger charge is 2.41. The summed E-state index contributed by atoms with van der Waals surface area (Å²) in [5.74, 6) is 0.186. The summed E-state index contributed by atoms with van der Waals surface area (Å²) in [7, 11) is -1.91. The van der Waals surface area contributed by atoms with Crippen molar-refractivity contribution >= 4 is 14.6 Å². The van der Waals surface area contributed by atoms with Crippen LogP contribution in [0.25, 0.3) is 0 Å². The van der Waals surface area contributed by atoms with Gasteiger partial charge in [-0.1, -0.05) is 46.8 Å². The molecule has 0 aliphatic carbocycles. The van der Waals surface area contributed by atoms with E-state index in [0.29, 0.717) is 6.61 Å². The summed E-state index contributed by atoms with van der Waals surface area (Å²) < 4.78 is 17.9. The number of hydrogen-bond donors (Lipinski definition) is 0. The van der Waals surface area contributed by atoms with Crippen molar-refractivity contribution in [3.05, 3.63) is 12.2 Å². The van der Waals surface area contributed by atoms with Crippen molar-refractivity contribution < 1.29 is 18.7 Å². The van der Waals surface area contributed by atoms with Crippen LogP contribution in [0.5, 0.6) is 0 Å². The first-order valence-corrected chi connectivity index (χ1v) is 13.0. The van der Waals surface area contributed by atoms with Crippen molar-refractivity contribution in [3.8, 4) is 0 Å². The van der Waals surface area contributed by atoms with Gasteiger partial charge >= 0.3 is 0 Å². The second-order valence-corrected chi connectivity index (χ2v) is 13.9. The highest BCUT2D eigenvalue weighted by Crippen LogP contribution is 2.39. The molecule has 0 aromatic carbocycles. The van der Waals surface area contributed by atoms with E-state index in [9.17, 15) is 4.79 Å². The molecule has 0 bridgehead atoms. The Morgan fingerprint density at radius 2 is 1.88 bits per heavy atom. The van der Waals surface area contributed by atoms with Gasteiger partial charge in [-0.05, 0) is 49.7 Å².